The van der Waals surface area contributed by atoms with Crippen LogP contribution in [0.4, 0.5) is 0 Å². The van der Waals surface area contributed by atoms with Gasteiger partial charge < -0.3 is 9.64 Å². The van der Waals surface area contributed by atoms with Gasteiger partial charge >= 0.3 is 0 Å². The van der Waals surface area contributed by atoms with Gasteiger partial charge in [0, 0.05) is 24.1 Å². The first-order chi connectivity index (χ1) is 9.93. The maximum Gasteiger partial charge on any atom is 0.185 e. The minimum absolute atomic E-state index is 0.685. The first kappa shape index (κ1) is 17.7. The smallest absolute Gasteiger partial charge is 0.185 e. The molecule has 0 radical (unpaired) electrons. The Labute approximate surface area is 133 Å². The normalized spacial score (nSPS) is 12.9. The van der Waals surface area contributed by atoms with Gasteiger partial charge in [0.05, 0.1) is 12.3 Å². The number of rotatable bonds is 6. The minimum Gasteiger partial charge on any atom is -0.481 e. The summed E-state index contributed by atoms with van der Waals surface area (Å²) < 4.78 is 5.66. The second-order valence-electron chi connectivity index (χ2n) is 5.27. The second kappa shape index (κ2) is 8.85. The average molecular weight is 309 g/mol. The first-order valence-electron chi connectivity index (χ1n) is 7.19. The fourth-order valence-corrected chi connectivity index (χ4v) is 2.02. The molecule has 1 aromatic carbocycles. The molecule has 0 spiro atoms. The van der Waals surface area contributed by atoms with Gasteiger partial charge in [-0.05, 0) is 52.1 Å². The molecule has 0 saturated heterocycles. The summed E-state index contributed by atoms with van der Waals surface area (Å²) in [5.74, 6) is 0.689. The van der Waals surface area contributed by atoms with Gasteiger partial charge in [-0.15, -0.1) is 0 Å². The zero-order valence-electron chi connectivity index (χ0n) is 13.6. The second-order valence-corrected chi connectivity index (χ2v) is 5.68. The van der Waals surface area contributed by atoms with Crippen molar-refractivity contribution < 1.29 is 4.74 Å². The third-order valence-electron chi connectivity index (χ3n) is 3.07. The Kier molecular flexibility index (Phi) is 7.48. The van der Waals surface area contributed by atoms with Gasteiger partial charge in [0.25, 0.3) is 0 Å². The Hall–Kier alpha value is -1.32. The third kappa shape index (κ3) is 6.32. The van der Waals surface area contributed by atoms with Crippen LogP contribution in [0.1, 0.15) is 31.4 Å². The number of hydrogen-bond acceptors (Lipinski definition) is 3. The van der Waals surface area contributed by atoms with E-state index in [-0.39, 0.29) is 0 Å². The van der Waals surface area contributed by atoms with Gasteiger partial charge in [-0.3, -0.25) is 0 Å². The molecule has 0 amide bonds. The first-order valence-corrected chi connectivity index (χ1v) is 7.57. The van der Waals surface area contributed by atoms with Crippen LogP contribution in [-0.4, -0.2) is 38.0 Å². The predicted molar refractivity (Wildman–Crippen MR) is 92.1 cm³/mol. The number of ether oxygens (including phenoxy) is 1. The molecule has 0 bridgehead atoms. The number of aryl methyl sites for hydroxylation is 1. The van der Waals surface area contributed by atoms with Gasteiger partial charge in [-0.1, -0.05) is 23.7 Å². The van der Waals surface area contributed by atoms with E-state index in [9.17, 15) is 0 Å². The molecule has 0 aromatic heterocycles. The summed E-state index contributed by atoms with van der Waals surface area (Å²) in [7, 11) is 4.11. The van der Waals surface area contributed by atoms with E-state index < -0.39 is 0 Å². The molecule has 116 valence electrons. The van der Waals surface area contributed by atoms with Crippen molar-refractivity contribution in [2.45, 2.75) is 27.2 Å². The summed E-state index contributed by atoms with van der Waals surface area (Å²) in [6, 6.07) is 5.92. The van der Waals surface area contributed by atoms with E-state index in [4.69, 9.17) is 16.3 Å². The van der Waals surface area contributed by atoms with E-state index in [1.807, 2.05) is 45.0 Å². The van der Waals surface area contributed by atoms with Crippen LogP contribution in [0.25, 0.3) is 5.70 Å². The third-order valence-corrected chi connectivity index (χ3v) is 3.49. The molecule has 3 nitrogen and oxygen atoms in total. The molecule has 4 heteroatoms. The minimum atomic E-state index is 0.685. The Morgan fingerprint density at radius 1 is 1.38 bits per heavy atom. The van der Waals surface area contributed by atoms with Crippen LogP contribution in [-0.2, 0) is 4.74 Å². The molecule has 0 N–H and O–H groups in total. The summed E-state index contributed by atoms with van der Waals surface area (Å²) in [4.78, 5) is 6.69. The molecule has 0 heterocycles. The molecule has 0 saturated carbocycles. The van der Waals surface area contributed by atoms with Crippen LogP contribution in [0.3, 0.4) is 0 Å². The van der Waals surface area contributed by atoms with Crippen molar-refractivity contribution in [3.05, 3.63) is 40.4 Å². The lowest BCUT2D eigenvalue weighted by molar-refractivity contribution is 0.270. The maximum atomic E-state index is 6.06. The Balaban J connectivity index is 2.67. The van der Waals surface area contributed by atoms with Crippen molar-refractivity contribution >= 4 is 23.2 Å². The van der Waals surface area contributed by atoms with E-state index in [1.54, 1.807) is 0 Å². The quantitative estimate of drug-likeness (QED) is 0.442. The number of benzene rings is 1. The van der Waals surface area contributed by atoms with E-state index in [0.29, 0.717) is 12.5 Å². The van der Waals surface area contributed by atoms with Crippen molar-refractivity contribution in [2.75, 3.05) is 27.2 Å². The Morgan fingerprint density at radius 3 is 2.67 bits per heavy atom. The molecule has 0 aliphatic heterocycles. The SMILES string of the molecule is C/C=C(\N=C(C)OCCCN(C)C)c1ccc(Cl)c(C)c1. The van der Waals surface area contributed by atoms with Crippen molar-refractivity contribution in [1.29, 1.82) is 0 Å². The van der Waals surface area contributed by atoms with Crippen LogP contribution in [0.2, 0.25) is 5.02 Å². The highest BCUT2D eigenvalue weighted by molar-refractivity contribution is 6.31. The number of allylic oxidation sites excluding steroid dienone is 1. The molecule has 1 rings (SSSR count). The van der Waals surface area contributed by atoms with Gasteiger partial charge in [0.2, 0.25) is 0 Å². The predicted octanol–water partition coefficient (Wildman–Crippen LogP) is 4.40. The molecule has 0 unspecified atom stereocenters. The lowest BCUT2D eigenvalue weighted by atomic mass is 10.1. The summed E-state index contributed by atoms with van der Waals surface area (Å²) in [6.45, 7) is 7.56. The zero-order chi connectivity index (χ0) is 15.8. The summed E-state index contributed by atoms with van der Waals surface area (Å²) in [5.41, 5.74) is 3.00. The van der Waals surface area contributed by atoms with Crippen molar-refractivity contribution in [3.63, 3.8) is 0 Å². The molecule has 0 aliphatic rings. The largest absolute Gasteiger partial charge is 0.481 e. The summed E-state index contributed by atoms with van der Waals surface area (Å²) >= 11 is 6.06. The van der Waals surface area contributed by atoms with Gasteiger partial charge in [0.15, 0.2) is 5.90 Å². The topological polar surface area (TPSA) is 24.8 Å². The lowest BCUT2D eigenvalue weighted by Crippen LogP contribution is -2.15. The van der Waals surface area contributed by atoms with Crippen LogP contribution in [0.5, 0.6) is 0 Å². The number of nitrogens with zero attached hydrogens (tertiary/aromatic N) is 2. The molecule has 1 aromatic rings. The molecule has 0 atom stereocenters. The fourth-order valence-electron chi connectivity index (χ4n) is 1.90. The van der Waals surface area contributed by atoms with Crippen molar-refractivity contribution in [1.82, 2.24) is 4.90 Å². The van der Waals surface area contributed by atoms with Crippen LogP contribution in [0.15, 0.2) is 29.3 Å². The van der Waals surface area contributed by atoms with Gasteiger partial charge in [0.1, 0.15) is 0 Å². The van der Waals surface area contributed by atoms with E-state index in [0.717, 1.165) is 34.8 Å². The van der Waals surface area contributed by atoms with Gasteiger partial charge in [-0.25, -0.2) is 4.99 Å². The highest BCUT2D eigenvalue weighted by Crippen LogP contribution is 2.22. The average Bonchev–Trinajstić information content (AvgIpc) is 2.44. The standard InChI is InChI=1S/C17H25ClN2O/c1-6-17(15-8-9-16(18)13(2)12-15)19-14(3)21-11-7-10-20(4)5/h6,8-9,12H,7,10-11H2,1-5H3/b17-6-,19-14?. The summed E-state index contributed by atoms with van der Waals surface area (Å²) in [6.07, 6.45) is 2.97. The highest BCUT2D eigenvalue weighted by atomic mass is 35.5. The molecule has 0 fully saturated rings. The monoisotopic (exact) mass is 308 g/mol. The Morgan fingerprint density at radius 2 is 2.10 bits per heavy atom. The van der Waals surface area contributed by atoms with E-state index in [1.165, 1.54) is 0 Å². The van der Waals surface area contributed by atoms with E-state index >= 15 is 0 Å². The molecular formula is C17H25ClN2O. The summed E-state index contributed by atoms with van der Waals surface area (Å²) in [5, 5.41) is 0.773. The Bertz CT molecular complexity index is 522. The van der Waals surface area contributed by atoms with Crippen molar-refractivity contribution in [3.8, 4) is 0 Å². The fraction of sp³-hybridized carbons (Fsp3) is 0.471. The molecule has 21 heavy (non-hydrogen) atoms. The van der Waals surface area contributed by atoms with Crippen LogP contribution < -0.4 is 0 Å². The van der Waals surface area contributed by atoms with E-state index in [2.05, 4.69) is 24.0 Å². The van der Waals surface area contributed by atoms with Gasteiger partial charge in [-0.2, -0.15) is 0 Å². The number of hydrogen-bond donors (Lipinski definition) is 0. The van der Waals surface area contributed by atoms with Crippen molar-refractivity contribution in [2.24, 2.45) is 4.99 Å². The molecular weight excluding hydrogens is 284 g/mol. The highest BCUT2D eigenvalue weighted by Gasteiger charge is 2.03. The number of halogens is 1. The zero-order valence-corrected chi connectivity index (χ0v) is 14.4. The maximum absolute atomic E-state index is 6.06. The molecule has 0 aliphatic carbocycles. The number of aliphatic imine (C=N–C) groups is 1. The lowest BCUT2D eigenvalue weighted by Gasteiger charge is -2.11. The van der Waals surface area contributed by atoms with Crippen LogP contribution >= 0.6 is 11.6 Å². The van der Waals surface area contributed by atoms with Crippen LogP contribution in [0, 0.1) is 6.92 Å².